The summed E-state index contributed by atoms with van der Waals surface area (Å²) < 4.78 is 19.2. The molecular weight excluding hydrogens is 509 g/mol. The minimum atomic E-state index is -1.13. The van der Waals surface area contributed by atoms with Gasteiger partial charge in [0.15, 0.2) is 5.82 Å². The summed E-state index contributed by atoms with van der Waals surface area (Å²) >= 11 is 7.10. The molecule has 2 heterocycles. The van der Waals surface area contributed by atoms with E-state index in [2.05, 4.69) is 25.8 Å². The van der Waals surface area contributed by atoms with Crippen molar-refractivity contribution >= 4 is 40.5 Å². The van der Waals surface area contributed by atoms with Crippen LogP contribution in [0.2, 0.25) is 5.02 Å². The molecule has 0 saturated heterocycles. The second-order valence-electron chi connectivity index (χ2n) is 7.60. The number of aromatic nitrogens is 3. The van der Waals surface area contributed by atoms with E-state index >= 15 is 0 Å². The minimum absolute atomic E-state index is 0.0176. The van der Waals surface area contributed by atoms with E-state index in [9.17, 15) is 18.8 Å². The van der Waals surface area contributed by atoms with Crippen LogP contribution in [0.5, 0.6) is 0 Å². The zero-order chi connectivity index (χ0) is 25.5. The largest absolute Gasteiger partial charge is 0.345 e. The predicted octanol–water partition coefficient (Wildman–Crippen LogP) is 3.14. The number of rotatable bonds is 10. The Morgan fingerprint density at radius 3 is 2.67 bits per heavy atom. The second kappa shape index (κ2) is 11.6. The van der Waals surface area contributed by atoms with Crippen LogP contribution in [0.4, 0.5) is 4.39 Å². The first-order valence-electron chi connectivity index (χ1n) is 10.7. The summed E-state index contributed by atoms with van der Waals surface area (Å²) in [7, 11) is 0. The van der Waals surface area contributed by atoms with Crippen molar-refractivity contribution in [1.82, 2.24) is 25.8 Å². The summed E-state index contributed by atoms with van der Waals surface area (Å²) in [5.41, 5.74) is 0.788. The van der Waals surface area contributed by atoms with Gasteiger partial charge in [0, 0.05) is 23.0 Å². The Morgan fingerprint density at radius 2 is 1.94 bits per heavy atom. The van der Waals surface area contributed by atoms with Crippen molar-refractivity contribution in [2.75, 3.05) is 0 Å². The molecule has 0 aliphatic carbocycles. The Morgan fingerprint density at radius 1 is 1.14 bits per heavy atom. The molecule has 2 aromatic heterocycles. The molecule has 2 N–H and O–H groups in total. The lowest BCUT2D eigenvalue weighted by atomic mass is 10.0. The highest BCUT2D eigenvalue weighted by Crippen LogP contribution is 2.24. The fourth-order valence-corrected chi connectivity index (χ4v) is 4.00. The molecule has 0 fully saturated rings. The molecule has 9 nitrogen and oxygen atoms in total. The van der Waals surface area contributed by atoms with E-state index in [1.807, 2.05) is 6.07 Å². The van der Waals surface area contributed by atoms with Gasteiger partial charge in [0.05, 0.1) is 18.5 Å². The first-order chi connectivity index (χ1) is 17.4. The molecule has 2 aromatic carbocycles. The van der Waals surface area contributed by atoms with Crippen molar-refractivity contribution in [2.45, 2.75) is 25.4 Å². The Kier molecular flexibility index (Phi) is 8.13. The van der Waals surface area contributed by atoms with Crippen LogP contribution < -0.4 is 10.6 Å². The van der Waals surface area contributed by atoms with Crippen molar-refractivity contribution in [3.8, 4) is 11.5 Å². The highest BCUT2D eigenvalue weighted by atomic mass is 35.5. The average molecular weight is 528 g/mol. The molecule has 0 saturated carbocycles. The first kappa shape index (κ1) is 25.1. The molecule has 0 radical (unpaired) electrons. The standard InChI is InChI=1S/C24H19ClFN5O4S/c25-15-6-7-16(17(26)11-15)24-30-19(31-35-24)12-20(32)29-18(10-14-4-2-1-3-5-14)22(33)23(34)28-13-21-27-8-9-36-21/h1-9,11,18H,10,12-13H2,(H,28,34)(H,29,32)/t18-/m1/s1. The highest BCUT2D eigenvalue weighted by molar-refractivity contribution is 7.09. The Bertz CT molecular complexity index is 1360. The lowest BCUT2D eigenvalue weighted by Gasteiger charge is -2.17. The lowest BCUT2D eigenvalue weighted by Crippen LogP contribution is -2.49. The molecule has 4 aromatic rings. The Labute approximate surface area is 213 Å². The number of halogens is 2. The van der Waals surface area contributed by atoms with E-state index in [0.29, 0.717) is 5.01 Å². The molecular formula is C24H19ClFN5O4S. The number of ketones is 1. The van der Waals surface area contributed by atoms with Crippen LogP contribution in [0.1, 0.15) is 16.4 Å². The van der Waals surface area contributed by atoms with E-state index in [-0.39, 0.29) is 41.7 Å². The molecule has 0 bridgehead atoms. The van der Waals surface area contributed by atoms with Crippen LogP contribution in [0.3, 0.4) is 0 Å². The van der Waals surface area contributed by atoms with Gasteiger partial charge in [-0.1, -0.05) is 47.1 Å². The molecule has 2 amide bonds. The average Bonchev–Trinajstić information content (AvgIpc) is 3.55. The summed E-state index contributed by atoms with van der Waals surface area (Å²) in [6.45, 7) is 0.0984. The summed E-state index contributed by atoms with van der Waals surface area (Å²) in [6, 6.07) is 11.8. The van der Waals surface area contributed by atoms with E-state index in [1.165, 1.54) is 23.5 Å². The van der Waals surface area contributed by atoms with Crippen LogP contribution in [-0.4, -0.2) is 38.8 Å². The predicted molar refractivity (Wildman–Crippen MR) is 129 cm³/mol. The molecule has 36 heavy (non-hydrogen) atoms. The summed E-state index contributed by atoms with van der Waals surface area (Å²) in [5.74, 6) is -3.05. The van der Waals surface area contributed by atoms with Crippen LogP contribution in [-0.2, 0) is 33.8 Å². The number of hydrogen-bond donors (Lipinski definition) is 2. The molecule has 0 aliphatic heterocycles. The third-order valence-electron chi connectivity index (χ3n) is 4.99. The van der Waals surface area contributed by atoms with Gasteiger partial charge in [0.2, 0.25) is 11.7 Å². The van der Waals surface area contributed by atoms with Gasteiger partial charge in [-0.05, 0) is 23.8 Å². The number of nitrogens with zero attached hydrogens (tertiary/aromatic N) is 3. The van der Waals surface area contributed by atoms with Gasteiger partial charge < -0.3 is 15.2 Å². The first-order valence-corrected chi connectivity index (χ1v) is 12.0. The SMILES string of the molecule is O=C(Cc1noc(-c2ccc(Cl)cc2F)n1)N[C@H](Cc1ccccc1)C(=O)C(=O)NCc1nccs1. The van der Waals surface area contributed by atoms with Crippen LogP contribution in [0.25, 0.3) is 11.5 Å². The third kappa shape index (κ3) is 6.58. The highest BCUT2D eigenvalue weighted by Gasteiger charge is 2.28. The fraction of sp³-hybridized carbons (Fsp3) is 0.167. The van der Waals surface area contributed by atoms with Crippen molar-refractivity contribution in [2.24, 2.45) is 0 Å². The summed E-state index contributed by atoms with van der Waals surface area (Å²) in [5, 5.41) is 11.4. The van der Waals surface area contributed by atoms with Crippen molar-refractivity contribution in [1.29, 1.82) is 0 Å². The molecule has 12 heteroatoms. The zero-order valence-electron chi connectivity index (χ0n) is 18.6. The number of carbonyl (C=O) groups excluding carboxylic acids is 3. The summed E-state index contributed by atoms with van der Waals surface area (Å²) in [4.78, 5) is 46.2. The maximum Gasteiger partial charge on any atom is 0.289 e. The van der Waals surface area contributed by atoms with Gasteiger partial charge in [-0.3, -0.25) is 14.4 Å². The molecule has 4 rings (SSSR count). The summed E-state index contributed by atoms with van der Waals surface area (Å²) in [6.07, 6.45) is 1.35. The zero-order valence-corrected chi connectivity index (χ0v) is 20.2. The van der Waals surface area contributed by atoms with Gasteiger partial charge in [-0.15, -0.1) is 11.3 Å². The van der Waals surface area contributed by atoms with Gasteiger partial charge in [-0.2, -0.15) is 4.98 Å². The molecule has 0 unspecified atom stereocenters. The molecule has 0 aliphatic rings. The number of nitrogens with one attached hydrogen (secondary N) is 2. The third-order valence-corrected chi connectivity index (χ3v) is 6.00. The van der Waals surface area contributed by atoms with Gasteiger partial charge >= 0.3 is 0 Å². The number of amides is 2. The van der Waals surface area contributed by atoms with Crippen LogP contribution in [0, 0.1) is 5.82 Å². The topological polar surface area (TPSA) is 127 Å². The number of thiazole rings is 1. The maximum absolute atomic E-state index is 14.1. The van der Waals surface area contributed by atoms with Crippen molar-refractivity contribution in [3.05, 3.63) is 87.3 Å². The quantitative estimate of drug-likeness (QED) is 0.303. The molecule has 0 spiro atoms. The van der Waals surface area contributed by atoms with E-state index in [1.54, 1.807) is 35.8 Å². The van der Waals surface area contributed by atoms with Gasteiger partial charge in [0.25, 0.3) is 11.8 Å². The Balaban J connectivity index is 1.43. The van der Waals surface area contributed by atoms with E-state index in [0.717, 1.165) is 11.6 Å². The van der Waals surface area contributed by atoms with Crippen molar-refractivity contribution < 1.29 is 23.3 Å². The van der Waals surface area contributed by atoms with Gasteiger partial charge in [-0.25, -0.2) is 9.37 Å². The smallest absolute Gasteiger partial charge is 0.289 e. The van der Waals surface area contributed by atoms with E-state index < -0.39 is 29.5 Å². The van der Waals surface area contributed by atoms with Crippen LogP contribution >= 0.6 is 22.9 Å². The second-order valence-corrected chi connectivity index (χ2v) is 9.01. The minimum Gasteiger partial charge on any atom is -0.345 e. The number of hydrogen-bond acceptors (Lipinski definition) is 8. The monoisotopic (exact) mass is 527 g/mol. The van der Waals surface area contributed by atoms with E-state index in [4.69, 9.17) is 16.1 Å². The lowest BCUT2D eigenvalue weighted by molar-refractivity contribution is -0.140. The molecule has 184 valence electrons. The van der Waals surface area contributed by atoms with Crippen LogP contribution in [0.15, 0.2) is 64.6 Å². The number of Topliss-reactive ketones (excluding diaryl/α,β-unsaturated/α-hetero) is 1. The fourth-order valence-electron chi connectivity index (χ4n) is 3.29. The van der Waals surface area contributed by atoms with Gasteiger partial charge in [0.1, 0.15) is 16.9 Å². The number of carbonyl (C=O) groups is 3. The Hall–Kier alpha value is -3.96. The maximum atomic E-state index is 14.1. The normalized spacial score (nSPS) is 11.6. The number of benzene rings is 2. The van der Waals surface area contributed by atoms with Crippen molar-refractivity contribution in [3.63, 3.8) is 0 Å². The molecule has 1 atom stereocenters.